The van der Waals surface area contributed by atoms with E-state index in [1.807, 2.05) is 0 Å². The summed E-state index contributed by atoms with van der Waals surface area (Å²) in [7, 11) is 3.30. The van der Waals surface area contributed by atoms with Gasteiger partial charge in [0.1, 0.15) is 0 Å². The van der Waals surface area contributed by atoms with E-state index in [1.54, 1.807) is 14.2 Å². The van der Waals surface area contributed by atoms with Gasteiger partial charge in [0.25, 0.3) is 0 Å². The third-order valence-electron chi connectivity index (χ3n) is 0.692. The van der Waals surface area contributed by atoms with Gasteiger partial charge in [0.05, 0.1) is 0 Å². The van der Waals surface area contributed by atoms with Crippen LogP contribution >= 0.6 is 0 Å². The molecule has 2 nitrogen and oxygen atoms in total. The van der Waals surface area contributed by atoms with Gasteiger partial charge in [0.15, 0.2) is 0 Å². The molecule has 0 atom stereocenters. The second kappa shape index (κ2) is 4.95. The maximum atomic E-state index is 4.85. The minimum absolute atomic E-state index is 0.0261. The van der Waals surface area contributed by atoms with Crippen molar-refractivity contribution in [1.82, 2.24) is 0 Å². The Balaban J connectivity index is 2.99. The summed E-state index contributed by atoms with van der Waals surface area (Å²) in [5.41, 5.74) is 0. The van der Waals surface area contributed by atoms with Crippen LogP contribution in [0.5, 0.6) is 0 Å². The molecule has 0 amide bonds. The number of methoxy groups -OCH3 is 2. The van der Waals surface area contributed by atoms with Gasteiger partial charge in [-0.15, -0.1) is 0 Å². The molecule has 0 unspecified atom stereocenters. The van der Waals surface area contributed by atoms with Crippen molar-refractivity contribution < 1.29 is 34.2 Å². The first kappa shape index (κ1) is 7.80. The van der Waals surface area contributed by atoms with Crippen molar-refractivity contribution in [2.45, 2.75) is 10.4 Å². The van der Waals surface area contributed by atoms with Gasteiger partial charge in [-0.25, -0.2) is 0 Å². The van der Waals surface area contributed by atoms with Crippen LogP contribution in [0.25, 0.3) is 0 Å². The van der Waals surface area contributed by atoms with Crippen LogP contribution in [-0.4, -0.2) is 20.5 Å². The minimum atomic E-state index is 0.0261. The van der Waals surface area contributed by atoms with Crippen LogP contribution < -0.4 is 0 Å². The molecule has 0 rings (SSSR count). The Morgan fingerprint density at radius 3 is 1.86 bits per heavy atom. The van der Waals surface area contributed by atoms with Crippen molar-refractivity contribution in [2.75, 3.05) is 14.2 Å². The topological polar surface area (TPSA) is 18.5 Å². The normalized spacial score (nSPS) is 10.0. The second-order valence-corrected chi connectivity index (χ2v) is 2.11. The Hall–Kier alpha value is 0.803. The van der Waals surface area contributed by atoms with Crippen LogP contribution in [0, 0.1) is 0 Å². The van der Waals surface area contributed by atoms with Gasteiger partial charge in [-0.1, -0.05) is 0 Å². The van der Waals surface area contributed by atoms with Crippen LogP contribution in [0.2, 0.25) is 4.13 Å². The van der Waals surface area contributed by atoms with E-state index >= 15 is 0 Å². The summed E-state index contributed by atoms with van der Waals surface area (Å²) in [4.78, 5) is 0. The van der Waals surface area contributed by atoms with E-state index in [0.29, 0.717) is 0 Å². The van der Waals surface area contributed by atoms with Crippen LogP contribution in [0.3, 0.4) is 0 Å². The molecule has 0 N–H and O–H groups in total. The van der Waals surface area contributed by atoms with Gasteiger partial charge < -0.3 is 0 Å². The molecule has 0 aromatic carbocycles. The zero-order valence-electron chi connectivity index (χ0n) is 4.60. The van der Waals surface area contributed by atoms with E-state index in [0.717, 1.165) is 4.13 Å². The first-order valence-electron chi connectivity index (χ1n) is 2.05. The molecule has 0 fully saturated rings. The van der Waals surface area contributed by atoms with E-state index < -0.39 is 0 Å². The molecule has 7 heavy (non-hydrogen) atoms. The van der Waals surface area contributed by atoms with Gasteiger partial charge in [-0.05, 0) is 0 Å². The van der Waals surface area contributed by atoms with E-state index in [1.165, 1.54) is 24.7 Å². The van der Waals surface area contributed by atoms with Crippen LogP contribution in [0.4, 0.5) is 0 Å². The second-order valence-electron chi connectivity index (χ2n) is 1.11. The summed E-state index contributed by atoms with van der Waals surface area (Å²) < 4.78 is 10.7. The Bertz CT molecular complexity index is 31.2. The zero-order chi connectivity index (χ0) is 5.70. The molecule has 41 valence electrons. The predicted octanol–water partition coefficient (Wildman–Crippen LogP) is 0.570. The van der Waals surface area contributed by atoms with Gasteiger partial charge >= 0.3 is 58.8 Å². The molecule has 0 aliphatic carbocycles. The Labute approximate surface area is 59.0 Å². The van der Waals surface area contributed by atoms with Crippen molar-refractivity contribution in [1.29, 1.82) is 0 Å². The number of hydrogen-bond acceptors (Lipinski definition) is 2. The summed E-state index contributed by atoms with van der Waals surface area (Å²) in [6, 6.07) is 0. The molecule has 0 saturated heterocycles. The van der Waals surface area contributed by atoms with Gasteiger partial charge in [-0.3, -0.25) is 0 Å². The first-order chi connectivity index (χ1) is 3.35. The van der Waals surface area contributed by atoms with E-state index in [4.69, 9.17) is 9.47 Å². The van der Waals surface area contributed by atoms with Crippen molar-refractivity contribution in [2.24, 2.45) is 0 Å². The molecular formula is C4H9O2Zr. The summed E-state index contributed by atoms with van der Waals surface area (Å²) in [6.45, 7) is 0. The average Bonchev–Trinajstić information content (AvgIpc) is 1.72. The summed E-state index contributed by atoms with van der Waals surface area (Å²) in [5, 5.41) is 0. The van der Waals surface area contributed by atoms with E-state index in [-0.39, 0.29) is 6.29 Å². The average molecular weight is 180 g/mol. The SMILES string of the molecule is COC([CH2][Zr])OC. The molecule has 0 saturated carbocycles. The Kier molecular flexibility index (Phi) is 5.52. The molecule has 0 bridgehead atoms. The van der Waals surface area contributed by atoms with Crippen molar-refractivity contribution >= 4 is 0 Å². The predicted molar refractivity (Wildman–Crippen MR) is 22.6 cm³/mol. The fourth-order valence-electron chi connectivity index (χ4n) is 0.263. The Morgan fingerprint density at radius 2 is 1.86 bits per heavy atom. The molecule has 0 aromatic rings. The van der Waals surface area contributed by atoms with Crippen molar-refractivity contribution in [3.8, 4) is 0 Å². The molecule has 0 heterocycles. The van der Waals surface area contributed by atoms with Crippen LogP contribution in [0.15, 0.2) is 0 Å². The van der Waals surface area contributed by atoms with E-state index in [2.05, 4.69) is 0 Å². The fraction of sp³-hybridized carbons (Fsp3) is 1.00. The molecular weight excluding hydrogens is 171 g/mol. The summed E-state index contributed by atoms with van der Waals surface area (Å²) in [6.07, 6.45) is 0.0261. The monoisotopic (exact) mass is 179 g/mol. The zero-order valence-corrected chi connectivity index (χ0v) is 7.06. The standard InChI is InChI=1S/C4H9O2.Zr/c1-4(5-2)6-3;/h4H,1H2,2-3H3;. The molecule has 0 aromatic heterocycles. The Morgan fingerprint density at radius 1 is 1.43 bits per heavy atom. The third kappa shape index (κ3) is 3.39. The number of ether oxygens (including phenoxy) is 2. The summed E-state index contributed by atoms with van der Waals surface area (Å²) >= 11 is 1.45. The number of rotatable bonds is 3. The fourth-order valence-corrected chi connectivity index (χ4v) is 1.08. The third-order valence-corrected chi connectivity index (χ3v) is 1.51. The molecule has 0 radical (unpaired) electrons. The van der Waals surface area contributed by atoms with Crippen molar-refractivity contribution in [3.63, 3.8) is 0 Å². The van der Waals surface area contributed by atoms with Gasteiger partial charge in [0, 0.05) is 0 Å². The number of hydrogen-bond donors (Lipinski definition) is 0. The quantitative estimate of drug-likeness (QED) is 0.591. The molecule has 0 aliphatic heterocycles. The van der Waals surface area contributed by atoms with Crippen LogP contribution in [-0.2, 0) is 34.2 Å². The summed E-state index contributed by atoms with van der Waals surface area (Å²) in [5.74, 6) is 0. The van der Waals surface area contributed by atoms with E-state index in [9.17, 15) is 0 Å². The molecule has 3 heteroatoms. The maximum absolute atomic E-state index is 4.85. The molecule has 0 aliphatic rings. The molecule has 0 spiro atoms. The van der Waals surface area contributed by atoms with Crippen molar-refractivity contribution in [3.05, 3.63) is 0 Å². The first-order valence-corrected chi connectivity index (χ1v) is 3.79. The van der Waals surface area contributed by atoms with Crippen LogP contribution in [0.1, 0.15) is 0 Å². The van der Waals surface area contributed by atoms with Gasteiger partial charge in [-0.2, -0.15) is 0 Å². The van der Waals surface area contributed by atoms with Gasteiger partial charge in [0.2, 0.25) is 0 Å².